The zero-order chi connectivity index (χ0) is 18.8. The molecule has 7 heteroatoms. The van der Waals surface area contributed by atoms with Crippen LogP contribution in [-0.2, 0) is 0 Å². The van der Waals surface area contributed by atoms with E-state index in [0.717, 1.165) is 22.3 Å². The van der Waals surface area contributed by atoms with Gasteiger partial charge in [-0.3, -0.25) is 24.6 Å². The van der Waals surface area contributed by atoms with Crippen LogP contribution in [0.25, 0.3) is 0 Å². The second-order valence-corrected chi connectivity index (χ2v) is 6.20. The van der Waals surface area contributed by atoms with Gasteiger partial charge in [0.1, 0.15) is 5.75 Å². The highest BCUT2D eigenvalue weighted by Crippen LogP contribution is 2.27. The van der Waals surface area contributed by atoms with Crippen LogP contribution in [0.1, 0.15) is 38.3 Å². The molecular weight excluding hydrogens is 336 g/mol. The van der Waals surface area contributed by atoms with E-state index >= 15 is 0 Å². The normalized spacial score (nSPS) is 13.1. The third kappa shape index (κ3) is 3.28. The Balaban J connectivity index is 1.60. The van der Waals surface area contributed by atoms with Crippen LogP contribution in [0.4, 0.5) is 5.69 Å². The summed E-state index contributed by atoms with van der Waals surface area (Å²) in [6.45, 7) is 4.58. The molecule has 0 N–H and O–H groups in total. The van der Waals surface area contributed by atoms with Gasteiger partial charge >= 0.3 is 0 Å². The number of hydrogen-bond acceptors (Lipinski definition) is 5. The Labute approximate surface area is 150 Å². The molecule has 0 aliphatic carbocycles. The van der Waals surface area contributed by atoms with Crippen molar-refractivity contribution in [1.82, 2.24) is 4.90 Å². The van der Waals surface area contributed by atoms with Crippen LogP contribution in [0.15, 0.2) is 36.4 Å². The lowest BCUT2D eigenvalue weighted by molar-refractivity contribution is -0.384. The van der Waals surface area contributed by atoms with Gasteiger partial charge in [-0.15, -0.1) is 0 Å². The fourth-order valence-corrected chi connectivity index (χ4v) is 2.81. The highest BCUT2D eigenvalue weighted by atomic mass is 16.6. The lowest BCUT2D eigenvalue weighted by Gasteiger charge is -2.14. The van der Waals surface area contributed by atoms with Crippen molar-refractivity contribution in [2.45, 2.75) is 20.3 Å². The largest absolute Gasteiger partial charge is 0.494 e. The number of nitro benzene ring substituents is 1. The Morgan fingerprint density at radius 1 is 1.00 bits per heavy atom. The van der Waals surface area contributed by atoms with E-state index in [-0.39, 0.29) is 23.4 Å². The summed E-state index contributed by atoms with van der Waals surface area (Å²) in [6.07, 6.45) is 0.473. The molecule has 2 aromatic rings. The van der Waals surface area contributed by atoms with Crippen LogP contribution >= 0.6 is 0 Å². The number of nitrogens with zero attached hydrogens (tertiary/aromatic N) is 2. The molecule has 0 spiro atoms. The summed E-state index contributed by atoms with van der Waals surface area (Å²) in [5.74, 6) is -0.183. The number of benzene rings is 2. The first-order valence-electron chi connectivity index (χ1n) is 8.23. The molecule has 26 heavy (non-hydrogen) atoms. The maximum Gasteiger partial charge on any atom is 0.270 e. The maximum atomic E-state index is 12.4. The van der Waals surface area contributed by atoms with E-state index in [1.807, 2.05) is 32.0 Å². The molecular formula is C19H18N2O5. The van der Waals surface area contributed by atoms with Gasteiger partial charge < -0.3 is 4.74 Å². The van der Waals surface area contributed by atoms with Crippen LogP contribution in [-0.4, -0.2) is 34.8 Å². The van der Waals surface area contributed by atoms with E-state index < -0.39 is 16.7 Å². The van der Waals surface area contributed by atoms with E-state index in [2.05, 4.69) is 0 Å². The van der Waals surface area contributed by atoms with Crippen LogP contribution in [0.2, 0.25) is 0 Å². The Morgan fingerprint density at radius 2 is 1.73 bits per heavy atom. The zero-order valence-electron chi connectivity index (χ0n) is 14.5. The molecule has 3 rings (SSSR count). The minimum atomic E-state index is -0.585. The van der Waals surface area contributed by atoms with Gasteiger partial charge in [0.05, 0.1) is 22.7 Å². The summed E-state index contributed by atoms with van der Waals surface area (Å²) in [4.78, 5) is 36.1. The average Bonchev–Trinajstić information content (AvgIpc) is 2.85. The monoisotopic (exact) mass is 354 g/mol. The number of ether oxygens (including phenoxy) is 1. The predicted octanol–water partition coefficient (Wildman–Crippen LogP) is 3.28. The standard InChI is InChI=1S/C19H18N2O5/c1-12-4-6-15(10-13(12)2)26-9-3-8-20-18(22)16-7-5-14(21(24)25)11-17(16)19(20)23/h4-7,10-11H,3,8-9H2,1-2H3. The molecule has 0 atom stereocenters. The number of fused-ring (bicyclic) bond motifs is 1. The fourth-order valence-electron chi connectivity index (χ4n) is 2.81. The number of nitro groups is 1. The fraction of sp³-hybridized carbons (Fsp3) is 0.263. The van der Waals surface area contributed by atoms with Gasteiger partial charge in [0.2, 0.25) is 0 Å². The SMILES string of the molecule is Cc1ccc(OCCCN2C(=O)c3ccc([N+](=O)[O-])cc3C2=O)cc1C. The van der Waals surface area contributed by atoms with Crippen molar-refractivity contribution >= 4 is 17.5 Å². The van der Waals surface area contributed by atoms with Crippen molar-refractivity contribution in [2.24, 2.45) is 0 Å². The molecule has 2 amide bonds. The summed E-state index contributed by atoms with van der Waals surface area (Å²) in [5.41, 5.74) is 2.39. The van der Waals surface area contributed by atoms with Gasteiger partial charge in [0.25, 0.3) is 17.5 Å². The van der Waals surface area contributed by atoms with Crippen LogP contribution in [0.3, 0.4) is 0 Å². The average molecular weight is 354 g/mol. The summed E-state index contributed by atoms with van der Waals surface area (Å²) in [6, 6.07) is 9.51. The summed E-state index contributed by atoms with van der Waals surface area (Å²) >= 11 is 0. The molecule has 0 saturated heterocycles. The van der Waals surface area contributed by atoms with Crippen molar-refractivity contribution in [2.75, 3.05) is 13.2 Å². The van der Waals surface area contributed by atoms with Gasteiger partial charge in [-0.25, -0.2) is 0 Å². The van der Waals surface area contributed by atoms with Crippen LogP contribution in [0.5, 0.6) is 5.75 Å². The molecule has 0 unspecified atom stereocenters. The first-order valence-corrected chi connectivity index (χ1v) is 8.23. The second kappa shape index (κ2) is 6.95. The van der Waals surface area contributed by atoms with Crippen LogP contribution in [0, 0.1) is 24.0 Å². The number of rotatable bonds is 6. The molecule has 2 aromatic carbocycles. The molecule has 0 fully saturated rings. The third-order valence-corrected chi connectivity index (χ3v) is 4.44. The highest BCUT2D eigenvalue weighted by Gasteiger charge is 2.36. The molecule has 7 nitrogen and oxygen atoms in total. The Bertz CT molecular complexity index is 907. The van der Waals surface area contributed by atoms with E-state index in [1.165, 1.54) is 17.7 Å². The molecule has 1 heterocycles. The van der Waals surface area contributed by atoms with Gasteiger partial charge in [0, 0.05) is 18.7 Å². The Hall–Kier alpha value is -3.22. The minimum absolute atomic E-state index is 0.0827. The van der Waals surface area contributed by atoms with Crippen LogP contribution < -0.4 is 4.74 Å². The van der Waals surface area contributed by atoms with Gasteiger partial charge in [-0.1, -0.05) is 6.07 Å². The van der Waals surface area contributed by atoms with E-state index in [1.54, 1.807) is 0 Å². The van der Waals surface area contributed by atoms with E-state index in [9.17, 15) is 19.7 Å². The third-order valence-electron chi connectivity index (χ3n) is 4.44. The molecule has 0 radical (unpaired) electrons. The number of non-ortho nitro benzene ring substituents is 1. The number of hydrogen-bond donors (Lipinski definition) is 0. The first kappa shape index (κ1) is 17.6. The predicted molar refractivity (Wildman–Crippen MR) is 94.5 cm³/mol. The van der Waals surface area contributed by atoms with Crippen molar-refractivity contribution in [3.05, 3.63) is 68.8 Å². The first-order chi connectivity index (χ1) is 12.4. The van der Waals surface area contributed by atoms with Gasteiger partial charge in [-0.2, -0.15) is 0 Å². The Morgan fingerprint density at radius 3 is 2.42 bits per heavy atom. The van der Waals surface area contributed by atoms with Gasteiger partial charge in [-0.05, 0) is 49.6 Å². The smallest absolute Gasteiger partial charge is 0.270 e. The number of amides is 2. The van der Waals surface area contributed by atoms with E-state index in [0.29, 0.717) is 13.0 Å². The number of aryl methyl sites for hydroxylation is 2. The lowest BCUT2D eigenvalue weighted by Crippen LogP contribution is -2.31. The second-order valence-electron chi connectivity index (χ2n) is 6.20. The number of imide groups is 1. The molecule has 0 bridgehead atoms. The molecule has 0 aromatic heterocycles. The van der Waals surface area contributed by atoms with E-state index in [4.69, 9.17) is 4.74 Å². The van der Waals surface area contributed by atoms with Crippen molar-refractivity contribution in [1.29, 1.82) is 0 Å². The van der Waals surface area contributed by atoms with Crippen molar-refractivity contribution < 1.29 is 19.2 Å². The summed E-state index contributed by atoms with van der Waals surface area (Å²) in [5, 5.41) is 10.8. The summed E-state index contributed by atoms with van der Waals surface area (Å²) in [7, 11) is 0. The van der Waals surface area contributed by atoms with Gasteiger partial charge in [0.15, 0.2) is 0 Å². The molecule has 134 valence electrons. The zero-order valence-corrected chi connectivity index (χ0v) is 14.5. The maximum absolute atomic E-state index is 12.4. The number of carbonyl (C=O) groups is 2. The Kier molecular flexibility index (Phi) is 4.71. The molecule has 1 aliphatic heterocycles. The molecule has 1 aliphatic rings. The number of carbonyl (C=O) groups excluding carboxylic acids is 2. The summed E-state index contributed by atoms with van der Waals surface area (Å²) < 4.78 is 5.66. The highest BCUT2D eigenvalue weighted by molar-refractivity contribution is 6.21. The quantitative estimate of drug-likeness (QED) is 0.344. The lowest BCUT2D eigenvalue weighted by atomic mass is 10.1. The topological polar surface area (TPSA) is 89.8 Å². The van der Waals surface area contributed by atoms with Crippen molar-refractivity contribution in [3.8, 4) is 5.75 Å². The minimum Gasteiger partial charge on any atom is -0.494 e. The molecule has 0 saturated carbocycles. The van der Waals surface area contributed by atoms with Crippen molar-refractivity contribution in [3.63, 3.8) is 0 Å².